The molecular weight excluding hydrogens is 330 g/mol. The molecule has 0 unspecified atom stereocenters. The average Bonchev–Trinajstić information content (AvgIpc) is 2.67. The fourth-order valence-corrected chi connectivity index (χ4v) is 2.54. The number of carbonyl (C=O) groups is 1. The number of aryl methyl sites for hydroxylation is 1. The lowest BCUT2D eigenvalue weighted by Crippen LogP contribution is -2.24. The summed E-state index contributed by atoms with van der Waals surface area (Å²) >= 11 is 0. The van der Waals surface area contributed by atoms with Crippen LogP contribution in [0.5, 0.6) is 17.2 Å². The molecule has 2 aromatic rings. The van der Waals surface area contributed by atoms with Crippen molar-refractivity contribution in [2.45, 2.75) is 13.5 Å². The molecule has 0 bridgehead atoms. The molecule has 0 aliphatic heterocycles. The Morgan fingerprint density at radius 3 is 2.19 bits per heavy atom. The Morgan fingerprint density at radius 2 is 1.62 bits per heavy atom. The number of amides is 1. The van der Waals surface area contributed by atoms with Crippen LogP contribution >= 0.6 is 0 Å². The minimum Gasteiger partial charge on any atom is -0.497 e. The summed E-state index contributed by atoms with van der Waals surface area (Å²) in [5.74, 6) is 2.05. The van der Waals surface area contributed by atoms with Crippen LogP contribution in [0.25, 0.3) is 6.08 Å². The normalized spacial score (nSPS) is 10.7. The molecule has 138 valence electrons. The van der Waals surface area contributed by atoms with E-state index in [1.54, 1.807) is 45.4 Å². The number of hydrogen-bond donors (Lipinski definition) is 0. The van der Waals surface area contributed by atoms with Crippen LogP contribution in [-0.4, -0.2) is 39.2 Å². The second-order valence-electron chi connectivity index (χ2n) is 5.93. The molecule has 2 rings (SSSR count). The van der Waals surface area contributed by atoms with Gasteiger partial charge in [-0.05, 0) is 54.0 Å². The SMILES string of the molecule is COc1ccc(/C=C/C(=O)N(C)Cc2cc(OC)c(OC)cc2C)cc1. The van der Waals surface area contributed by atoms with Gasteiger partial charge in [-0.25, -0.2) is 0 Å². The highest BCUT2D eigenvalue weighted by Gasteiger charge is 2.12. The summed E-state index contributed by atoms with van der Waals surface area (Å²) in [5, 5.41) is 0. The van der Waals surface area contributed by atoms with Gasteiger partial charge in [-0.15, -0.1) is 0 Å². The summed E-state index contributed by atoms with van der Waals surface area (Å²) in [6, 6.07) is 11.4. The van der Waals surface area contributed by atoms with Gasteiger partial charge in [-0.2, -0.15) is 0 Å². The fraction of sp³-hybridized carbons (Fsp3) is 0.286. The summed E-state index contributed by atoms with van der Waals surface area (Å²) in [7, 11) is 6.61. The number of hydrogen-bond acceptors (Lipinski definition) is 4. The molecule has 0 fully saturated rings. The summed E-state index contributed by atoms with van der Waals surface area (Å²) in [6.45, 7) is 2.47. The predicted octanol–water partition coefficient (Wildman–Crippen LogP) is 3.69. The van der Waals surface area contributed by atoms with Gasteiger partial charge in [0.15, 0.2) is 11.5 Å². The third-order valence-electron chi connectivity index (χ3n) is 4.16. The summed E-state index contributed by atoms with van der Waals surface area (Å²) < 4.78 is 15.8. The highest BCUT2D eigenvalue weighted by atomic mass is 16.5. The molecule has 0 aromatic heterocycles. The van der Waals surface area contributed by atoms with Crippen molar-refractivity contribution in [1.29, 1.82) is 0 Å². The maximum Gasteiger partial charge on any atom is 0.246 e. The van der Waals surface area contributed by atoms with E-state index in [1.807, 2.05) is 43.3 Å². The molecule has 2 aromatic carbocycles. The van der Waals surface area contributed by atoms with E-state index >= 15 is 0 Å². The smallest absolute Gasteiger partial charge is 0.246 e. The maximum absolute atomic E-state index is 12.4. The van der Waals surface area contributed by atoms with Crippen LogP contribution in [-0.2, 0) is 11.3 Å². The van der Waals surface area contributed by atoms with Crippen LogP contribution in [0.2, 0.25) is 0 Å². The minimum absolute atomic E-state index is 0.0741. The first-order valence-corrected chi connectivity index (χ1v) is 8.27. The van der Waals surface area contributed by atoms with Gasteiger partial charge in [0, 0.05) is 19.7 Å². The lowest BCUT2D eigenvalue weighted by Gasteiger charge is -2.18. The quantitative estimate of drug-likeness (QED) is 0.711. The first-order valence-electron chi connectivity index (χ1n) is 8.27. The van der Waals surface area contributed by atoms with Crippen LogP contribution < -0.4 is 14.2 Å². The second kappa shape index (κ2) is 8.94. The summed E-state index contributed by atoms with van der Waals surface area (Å²) in [5.41, 5.74) is 2.99. The van der Waals surface area contributed by atoms with Gasteiger partial charge in [0.05, 0.1) is 21.3 Å². The Morgan fingerprint density at radius 1 is 1.00 bits per heavy atom. The molecule has 1 amide bonds. The highest BCUT2D eigenvalue weighted by Crippen LogP contribution is 2.30. The molecule has 0 heterocycles. The standard InChI is InChI=1S/C21H25NO4/c1-15-12-19(25-4)20(26-5)13-17(15)14-22(2)21(23)11-8-16-6-9-18(24-3)10-7-16/h6-13H,14H2,1-5H3/b11-8+. The van der Waals surface area contributed by atoms with Gasteiger partial charge < -0.3 is 19.1 Å². The van der Waals surface area contributed by atoms with Crippen molar-refractivity contribution in [3.63, 3.8) is 0 Å². The van der Waals surface area contributed by atoms with E-state index in [9.17, 15) is 4.79 Å². The highest BCUT2D eigenvalue weighted by molar-refractivity contribution is 5.91. The Balaban J connectivity index is 2.07. The molecule has 5 nitrogen and oxygen atoms in total. The van der Waals surface area contributed by atoms with Gasteiger partial charge in [0.1, 0.15) is 5.75 Å². The lowest BCUT2D eigenvalue weighted by molar-refractivity contribution is -0.125. The van der Waals surface area contributed by atoms with Crippen LogP contribution in [0.4, 0.5) is 0 Å². The zero-order chi connectivity index (χ0) is 19.1. The molecule has 0 aliphatic carbocycles. The molecule has 0 saturated carbocycles. The number of ether oxygens (including phenoxy) is 3. The van der Waals surface area contributed by atoms with Gasteiger partial charge in [-0.3, -0.25) is 4.79 Å². The molecule has 26 heavy (non-hydrogen) atoms. The molecule has 5 heteroatoms. The molecule has 0 aliphatic rings. The van der Waals surface area contributed by atoms with Crippen molar-refractivity contribution in [3.8, 4) is 17.2 Å². The Labute approximate surface area is 154 Å². The minimum atomic E-state index is -0.0741. The Hall–Kier alpha value is -2.95. The van der Waals surface area contributed by atoms with E-state index in [0.29, 0.717) is 18.0 Å². The number of benzene rings is 2. The van der Waals surface area contributed by atoms with Crippen molar-refractivity contribution < 1.29 is 19.0 Å². The van der Waals surface area contributed by atoms with E-state index in [-0.39, 0.29) is 5.91 Å². The van der Waals surface area contributed by atoms with Crippen molar-refractivity contribution >= 4 is 12.0 Å². The van der Waals surface area contributed by atoms with Crippen molar-refractivity contribution in [2.24, 2.45) is 0 Å². The van der Waals surface area contributed by atoms with Crippen LogP contribution in [0.15, 0.2) is 42.5 Å². The zero-order valence-electron chi connectivity index (χ0n) is 15.9. The van der Waals surface area contributed by atoms with Crippen molar-refractivity contribution in [1.82, 2.24) is 4.90 Å². The Kier molecular flexibility index (Phi) is 6.67. The van der Waals surface area contributed by atoms with Gasteiger partial charge in [0.2, 0.25) is 5.91 Å². The topological polar surface area (TPSA) is 48.0 Å². The molecule has 0 spiro atoms. The third-order valence-corrected chi connectivity index (χ3v) is 4.16. The molecular formula is C21H25NO4. The first kappa shape index (κ1) is 19.4. The summed E-state index contributed by atoms with van der Waals surface area (Å²) in [4.78, 5) is 14.1. The molecule has 0 radical (unpaired) electrons. The molecule has 0 atom stereocenters. The predicted molar refractivity (Wildman–Crippen MR) is 103 cm³/mol. The van der Waals surface area contributed by atoms with Crippen molar-refractivity contribution in [2.75, 3.05) is 28.4 Å². The first-order chi connectivity index (χ1) is 12.5. The zero-order valence-corrected chi connectivity index (χ0v) is 15.9. The summed E-state index contributed by atoms with van der Waals surface area (Å²) in [6.07, 6.45) is 3.36. The van der Waals surface area contributed by atoms with Gasteiger partial charge in [-0.1, -0.05) is 12.1 Å². The van der Waals surface area contributed by atoms with E-state index in [0.717, 1.165) is 22.4 Å². The average molecular weight is 355 g/mol. The monoisotopic (exact) mass is 355 g/mol. The molecule has 0 N–H and O–H groups in total. The van der Waals surface area contributed by atoms with Gasteiger partial charge in [0.25, 0.3) is 0 Å². The van der Waals surface area contributed by atoms with E-state index in [1.165, 1.54) is 0 Å². The molecule has 0 saturated heterocycles. The van der Waals surface area contributed by atoms with Crippen LogP contribution in [0, 0.1) is 6.92 Å². The maximum atomic E-state index is 12.4. The van der Waals surface area contributed by atoms with Gasteiger partial charge >= 0.3 is 0 Å². The number of likely N-dealkylation sites (N-methyl/N-ethyl adjacent to an activating group) is 1. The largest absolute Gasteiger partial charge is 0.497 e. The fourth-order valence-electron chi connectivity index (χ4n) is 2.54. The van der Waals surface area contributed by atoms with Crippen LogP contribution in [0.3, 0.4) is 0 Å². The van der Waals surface area contributed by atoms with Crippen molar-refractivity contribution in [3.05, 3.63) is 59.2 Å². The van der Waals surface area contributed by atoms with E-state index in [2.05, 4.69) is 0 Å². The Bertz CT molecular complexity index is 781. The lowest BCUT2D eigenvalue weighted by atomic mass is 10.1. The van der Waals surface area contributed by atoms with E-state index in [4.69, 9.17) is 14.2 Å². The van der Waals surface area contributed by atoms with E-state index < -0.39 is 0 Å². The number of nitrogens with zero attached hydrogens (tertiary/aromatic N) is 1. The number of carbonyl (C=O) groups excluding carboxylic acids is 1. The second-order valence-corrected chi connectivity index (χ2v) is 5.93. The third kappa shape index (κ3) is 4.79. The number of methoxy groups -OCH3 is 3. The number of rotatable bonds is 7. The van der Waals surface area contributed by atoms with Crippen LogP contribution in [0.1, 0.15) is 16.7 Å².